The Morgan fingerprint density at radius 3 is 1.80 bits per heavy atom. The first-order chi connectivity index (χ1) is 1.73. The summed E-state index contributed by atoms with van der Waals surface area (Å²) in [6.45, 7) is 1.08. The molecule has 0 unspecified atom stereocenters. The quantitative estimate of drug-likeness (QED) is 0.617. The van der Waals surface area contributed by atoms with Gasteiger partial charge in [-0.25, -0.2) is 0 Å². The predicted octanol–water partition coefficient (Wildman–Crippen LogP) is 0.0909. The van der Waals surface area contributed by atoms with Crippen LogP contribution in [0.25, 0.3) is 0 Å². The minimum Gasteiger partial charge on any atom is -0.481 e. The third-order valence-electron chi connectivity index (χ3n) is 0. The fraction of sp³-hybridized carbons (Fsp3) is 0.500. The summed E-state index contributed by atoms with van der Waals surface area (Å²) < 4.78 is 0. The van der Waals surface area contributed by atoms with Crippen molar-refractivity contribution in [3.63, 3.8) is 0 Å². The molecule has 2 nitrogen and oxygen atoms in total. The summed E-state index contributed by atoms with van der Waals surface area (Å²) in [7, 11) is 0. The summed E-state index contributed by atoms with van der Waals surface area (Å²) in [4.78, 5) is 9.00. The van der Waals surface area contributed by atoms with Crippen LogP contribution in [0.4, 0.5) is 0 Å². The maximum absolute atomic E-state index is 9.00. The van der Waals surface area contributed by atoms with E-state index >= 15 is 0 Å². The molecule has 1 N–H and O–H groups in total. The van der Waals surface area contributed by atoms with Crippen molar-refractivity contribution < 1.29 is 59.3 Å². The smallest absolute Gasteiger partial charge is 0.481 e. The Kier molecular flexibility index (Phi) is 9.51. The van der Waals surface area contributed by atoms with E-state index < -0.39 is 5.97 Å². The van der Waals surface area contributed by atoms with E-state index in [0.29, 0.717) is 0 Å². The Balaban J connectivity index is 0. The van der Waals surface area contributed by atoms with Gasteiger partial charge < -0.3 is 5.11 Å². The van der Waals surface area contributed by atoms with Gasteiger partial charge in [0.1, 0.15) is 0 Å². The van der Waals surface area contributed by atoms with E-state index in [1.165, 1.54) is 0 Å². The fourth-order valence-electron chi connectivity index (χ4n) is 0. The first-order valence-corrected chi connectivity index (χ1v) is 0.928. The van der Waals surface area contributed by atoms with Crippen molar-refractivity contribution in [1.82, 2.24) is 0 Å². The van der Waals surface area contributed by atoms with E-state index in [-0.39, 0.29) is 49.4 Å². The topological polar surface area (TPSA) is 37.3 Å². The number of hydrogen-bond donors (Lipinski definition) is 1. The normalized spacial score (nSPS) is 5.00. The summed E-state index contributed by atoms with van der Waals surface area (Å²) >= 11 is 0. The van der Waals surface area contributed by atoms with Gasteiger partial charge in [0.05, 0.1) is 0 Å². The van der Waals surface area contributed by atoms with Gasteiger partial charge in [0.15, 0.2) is 0 Å². The molecule has 0 aliphatic heterocycles. The van der Waals surface area contributed by atoms with Crippen molar-refractivity contribution in [3.05, 3.63) is 0 Å². The van der Waals surface area contributed by atoms with Crippen LogP contribution in [0.3, 0.4) is 0 Å². The maximum Gasteiger partial charge on any atom is 3.00 e. The molecule has 0 radical (unpaired) electrons. The molecule has 0 bridgehead atoms. The van der Waals surface area contributed by atoms with Crippen LogP contribution in [0, 0.1) is 49.4 Å². The largest absolute Gasteiger partial charge is 3.00 e. The van der Waals surface area contributed by atoms with Crippen LogP contribution < -0.4 is 0 Å². The van der Waals surface area contributed by atoms with Crippen molar-refractivity contribution in [2.75, 3.05) is 0 Å². The van der Waals surface area contributed by atoms with E-state index in [1.54, 1.807) is 0 Å². The molecule has 0 aromatic carbocycles. The maximum atomic E-state index is 9.00. The molecule has 28 valence electrons. The molecule has 5 heavy (non-hydrogen) atoms. The van der Waals surface area contributed by atoms with Gasteiger partial charge >= 0.3 is 49.4 Å². The molecular formula is C2H4EuO2+3. The Hall–Kier alpha value is 1.05. The van der Waals surface area contributed by atoms with Crippen molar-refractivity contribution >= 4 is 5.97 Å². The fourth-order valence-corrected chi connectivity index (χ4v) is 0. The van der Waals surface area contributed by atoms with Crippen molar-refractivity contribution in [1.29, 1.82) is 0 Å². The molecule has 0 fully saturated rings. The van der Waals surface area contributed by atoms with E-state index in [0.717, 1.165) is 6.92 Å². The molecule has 0 aliphatic rings. The van der Waals surface area contributed by atoms with Gasteiger partial charge in [0.2, 0.25) is 0 Å². The van der Waals surface area contributed by atoms with E-state index in [2.05, 4.69) is 0 Å². The van der Waals surface area contributed by atoms with Gasteiger partial charge in [0.25, 0.3) is 5.97 Å². The molecule has 3 heteroatoms. The van der Waals surface area contributed by atoms with Crippen LogP contribution >= 0.6 is 0 Å². The second kappa shape index (κ2) is 5.05. The zero-order valence-corrected chi connectivity index (χ0v) is 5.16. The average molecular weight is 212 g/mol. The minimum absolute atomic E-state index is 0. The number of carboxylic acid groups (broad SMARTS) is 1. The third-order valence-corrected chi connectivity index (χ3v) is 0. The SMILES string of the molecule is CC(=O)O.[Eu+3]. The number of hydrogen-bond acceptors (Lipinski definition) is 1. The summed E-state index contributed by atoms with van der Waals surface area (Å²) in [5.41, 5.74) is 0. The molecular weight excluding hydrogens is 208 g/mol. The first kappa shape index (κ1) is 9.41. The zero-order chi connectivity index (χ0) is 3.58. The molecule has 0 heterocycles. The molecule has 0 aromatic heterocycles. The van der Waals surface area contributed by atoms with Gasteiger partial charge in [0, 0.05) is 6.92 Å². The van der Waals surface area contributed by atoms with Gasteiger partial charge in [-0.15, -0.1) is 0 Å². The van der Waals surface area contributed by atoms with Crippen LogP contribution in [-0.2, 0) is 4.79 Å². The monoisotopic (exact) mass is 213 g/mol. The summed E-state index contributed by atoms with van der Waals surface area (Å²) in [6, 6.07) is 0. The summed E-state index contributed by atoms with van der Waals surface area (Å²) in [6.07, 6.45) is 0. The number of carboxylic acids is 1. The van der Waals surface area contributed by atoms with E-state index in [1.807, 2.05) is 0 Å². The Bertz CT molecular complexity index is 30.6. The number of rotatable bonds is 0. The van der Waals surface area contributed by atoms with Gasteiger partial charge in [-0.2, -0.15) is 0 Å². The number of aliphatic carboxylic acids is 1. The Labute approximate surface area is 71.1 Å². The van der Waals surface area contributed by atoms with E-state index in [9.17, 15) is 0 Å². The molecule has 0 spiro atoms. The molecule has 0 saturated heterocycles. The van der Waals surface area contributed by atoms with Gasteiger partial charge in [-0.3, -0.25) is 4.79 Å². The van der Waals surface area contributed by atoms with Crippen LogP contribution in [0.15, 0.2) is 0 Å². The van der Waals surface area contributed by atoms with E-state index in [4.69, 9.17) is 9.90 Å². The second-order valence-electron chi connectivity index (χ2n) is 0.519. The molecule has 0 saturated carbocycles. The molecule has 0 amide bonds. The zero-order valence-electron chi connectivity index (χ0n) is 2.73. The van der Waals surface area contributed by atoms with Crippen LogP contribution in [0.1, 0.15) is 6.92 Å². The van der Waals surface area contributed by atoms with Crippen molar-refractivity contribution in [2.45, 2.75) is 6.92 Å². The molecule has 0 rings (SSSR count). The van der Waals surface area contributed by atoms with Crippen molar-refractivity contribution in [3.8, 4) is 0 Å². The second-order valence-corrected chi connectivity index (χ2v) is 0.519. The average Bonchev–Trinajstić information content (AvgIpc) is 0.811. The summed E-state index contributed by atoms with van der Waals surface area (Å²) in [5, 5.41) is 7.42. The predicted molar refractivity (Wildman–Crippen MR) is 13.3 cm³/mol. The standard InChI is InChI=1S/C2H4O2.Eu/c1-2(3)4;/h1H3,(H,3,4);/q;+3. The first-order valence-electron chi connectivity index (χ1n) is 0.928. The Morgan fingerprint density at radius 2 is 1.80 bits per heavy atom. The number of carbonyl (C=O) groups is 1. The minimum atomic E-state index is -0.833. The van der Waals surface area contributed by atoms with Gasteiger partial charge in [-0.05, 0) is 0 Å². The van der Waals surface area contributed by atoms with Crippen molar-refractivity contribution in [2.24, 2.45) is 0 Å². The van der Waals surface area contributed by atoms with Crippen LogP contribution in [0.5, 0.6) is 0 Å². The van der Waals surface area contributed by atoms with Crippen LogP contribution in [0.2, 0.25) is 0 Å². The molecule has 0 atom stereocenters. The molecule has 0 aromatic rings. The summed E-state index contributed by atoms with van der Waals surface area (Å²) in [5.74, 6) is -0.833. The Morgan fingerprint density at radius 1 is 1.80 bits per heavy atom. The molecule has 0 aliphatic carbocycles. The third kappa shape index (κ3) is 42.4. The van der Waals surface area contributed by atoms with Crippen LogP contribution in [-0.4, -0.2) is 11.1 Å². The van der Waals surface area contributed by atoms with Gasteiger partial charge in [-0.1, -0.05) is 0 Å².